The fourth-order valence-electron chi connectivity index (χ4n) is 2.04. The van der Waals surface area contributed by atoms with Gasteiger partial charge in [0.25, 0.3) is 0 Å². The lowest BCUT2D eigenvalue weighted by atomic mass is 10.1. The number of hydrogen-bond donors (Lipinski definition) is 1. The number of carbonyl (C=O) groups excluding carboxylic acids is 1. The molecule has 1 saturated carbocycles. The summed E-state index contributed by atoms with van der Waals surface area (Å²) >= 11 is 0. The van der Waals surface area contributed by atoms with Crippen LogP contribution in [0.5, 0.6) is 0 Å². The molecule has 1 rings (SSSR count). The molecule has 88 valence electrons. The molecule has 1 aliphatic carbocycles. The van der Waals surface area contributed by atoms with Gasteiger partial charge in [0.15, 0.2) is 0 Å². The van der Waals surface area contributed by atoms with Crippen LogP contribution in [-0.2, 0) is 9.53 Å². The van der Waals surface area contributed by atoms with Crippen LogP contribution in [0.2, 0.25) is 0 Å². The summed E-state index contributed by atoms with van der Waals surface area (Å²) in [5.74, 6) is 0.536. The van der Waals surface area contributed by atoms with Gasteiger partial charge < -0.3 is 10.1 Å². The summed E-state index contributed by atoms with van der Waals surface area (Å²) in [5, 5.41) is 3.28. The van der Waals surface area contributed by atoms with E-state index in [1.54, 1.807) is 0 Å². The summed E-state index contributed by atoms with van der Waals surface area (Å²) in [6.07, 6.45) is 3.73. The van der Waals surface area contributed by atoms with Gasteiger partial charge in [0, 0.05) is 6.04 Å². The summed E-state index contributed by atoms with van der Waals surface area (Å²) in [6, 6.07) is 0.498. The lowest BCUT2D eigenvalue weighted by Crippen LogP contribution is -2.38. The van der Waals surface area contributed by atoms with Crippen molar-refractivity contribution in [3.05, 3.63) is 0 Å². The second kappa shape index (κ2) is 4.97. The minimum Gasteiger partial charge on any atom is -0.459 e. The van der Waals surface area contributed by atoms with Gasteiger partial charge in [-0.25, -0.2) is 0 Å². The van der Waals surface area contributed by atoms with E-state index in [0.717, 1.165) is 0 Å². The van der Waals surface area contributed by atoms with E-state index in [-0.39, 0.29) is 11.6 Å². The summed E-state index contributed by atoms with van der Waals surface area (Å²) in [6.45, 7) is 8.25. The Morgan fingerprint density at radius 2 is 2.07 bits per heavy atom. The molecule has 0 aliphatic heterocycles. The molecule has 0 aromatic rings. The molecular weight excluding hydrogens is 190 g/mol. The molecule has 0 spiro atoms. The summed E-state index contributed by atoms with van der Waals surface area (Å²) in [5.41, 5.74) is -0.375. The topological polar surface area (TPSA) is 38.3 Å². The van der Waals surface area contributed by atoms with Crippen molar-refractivity contribution in [2.75, 3.05) is 6.54 Å². The summed E-state index contributed by atoms with van der Waals surface area (Å²) in [4.78, 5) is 11.4. The first-order valence-corrected chi connectivity index (χ1v) is 5.84. The van der Waals surface area contributed by atoms with Crippen molar-refractivity contribution < 1.29 is 9.53 Å². The van der Waals surface area contributed by atoms with E-state index in [0.29, 0.717) is 18.5 Å². The molecule has 1 N–H and O–H groups in total. The van der Waals surface area contributed by atoms with Gasteiger partial charge >= 0.3 is 5.97 Å². The third-order valence-electron chi connectivity index (χ3n) is 2.79. The average molecular weight is 213 g/mol. The number of hydrogen-bond acceptors (Lipinski definition) is 3. The predicted octanol–water partition coefficient (Wildman–Crippen LogP) is 2.11. The highest BCUT2D eigenvalue weighted by Crippen LogP contribution is 2.24. The fraction of sp³-hybridized carbons (Fsp3) is 0.917. The van der Waals surface area contributed by atoms with Crippen molar-refractivity contribution >= 4 is 5.97 Å². The molecule has 0 bridgehead atoms. The Kier molecular flexibility index (Phi) is 4.14. The molecule has 0 saturated heterocycles. The first-order chi connectivity index (χ1) is 6.88. The third kappa shape index (κ3) is 4.65. The van der Waals surface area contributed by atoms with Crippen LogP contribution in [-0.4, -0.2) is 24.2 Å². The Balaban J connectivity index is 2.22. The van der Waals surface area contributed by atoms with Crippen LogP contribution in [0.25, 0.3) is 0 Å². The highest BCUT2D eigenvalue weighted by Gasteiger charge is 2.24. The number of rotatable bonds is 3. The van der Waals surface area contributed by atoms with Crippen LogP contribution in [0.3, 0.4) is 0 Å². The largest absolute Gasteiger partial charge is 0.459 e. The number of carbonyl (C=O) groups is 1. The summed E-state index contributed by atoms with van der Waals surface area (Å²) < 4.78 is 5.23. The molecule has 0 heterocycles. The smallest absolute Gasteiger partial charge is 0.320 e. The summed E-state index contributed by atoms with van der Waals surface area (Å²) in [7, 11) is 0. The van der Waals surface area contributed by atoms with E-state index >= 15 is 0 Å². The quantitative estimate of drug-likeness (QED) is 0.730. The van der Waals surface area contributed by atoms with E-state index in [1.165, 1.54) is 19.3 Å². The molecule has 3 heteroatoms. The van der Waals surface area contributed by atoms with Crippen molar-refractivity contribution in [2.24, 2.45) is 5.92 Å². The van der Waals surface area contributed by atoms with Gasteiger partial charge in [0.1, 0.15) is 5.60 Å². The van der Waals surface area contributed by atoms with E-state index in [4.69, 9.17) is 4.74 Å². The van der Waals surface area contributed by atoms with Crippen molar-refractivity contribution in [2.45, 2.75) is 58.6 Å². The number of nitrogens with one attached hydrogen (secondary N) is 1. The minimum atomic E-state index is -0.375. The lowest BCUT2D eigenvalue weighted by molar-refractivity contribution is -0.153. The van der Waals surface area contributed by atoms with Crippen molar-refractivity contribution in [1.29, 1.82) is 0 Å². The Morgan fingerprint density at radius 3 is 2.53 bits per heavy atom. The first kappa shape index (κ1) is 12.5. The monoisotopic (exact) mass is 213 g/mol. The van der Waals surface area contributed by atoms with Gasteiger partial charge in [-0.3, -0.25) is 4.79 Å². The van der Waals surface area contributed by atoms with Crippen LogP contribution in [0.1, 0.15) is 47.0 Å². The van der Waals surface area contributed by atoms with Crippen LogP contribution in [0.15, 0.2) is 0 Å². The molecule has 2 unspecified atom stereocenters. The SMILES string of the molecule is CC1CCCC1NCC(=O)OC(C)(C)C. The molecule has 0 radical (unpaired) electrons. The molecular formula is C12H23NO2. The molecule has 0 aromatic carbocycles. The second-order valence-electron chi connectivity index (χ2n) is 5.48. The van der Waals surface area contributed by atoms with Crippen LogP contribution < -0.4 is 5.32 Å². The van der Waals surface area contributed by atoms with E-state index in [2.05, 4.69) is 12.2 Å². The minimum absolute atomic E-state index is 0.151. The lowest BCUT2D eigenvalue weighted by Gasteiger charge is -2.21. The molecule has 0 aromatic heterocycles. The molecule has 0 amide bonds. The van der Waals surface area contributed by atoms with Gasteiger partial charge in [-0.2, -0.15) is 0 Å². The first-order valence-electron chi connectivity index (χ1n) is 5.84. The van der Waals surface area contributed by atoms with Crippen molar-refractivity contribution in [1.82, 2.24) is 5.32 Å². The van der Waals surface area contributed by atoms with Gasteiger partial charge in [-0.1, -0.05) is 13.3 Å². The molecule has 1 aliphatic rings. The fourth-order valence-corrected chi connectivity index (χ4v) is 2.04. The predicted molar refractivity (Wildman–Crippen MR) is 60.7 cm³/mol. The Hall–Kier alpha value is -0.570. The number of ether oxygens (including phenoxy) is 1. The maximum atomic E-state index is 11.4. The Morgan fingerprint density at radius 1 is 1.40 bits per heavy atom. The van der Waals surface area contributed by atoms with E-state index < -0.39 is 0 Å². The molecule has 1 fully saturated rings. The van der Waals surface area contributed by atoms with E-state index in [9.17, 15) is 4.79 Å². The van der Waals surface area contributed by atoms with Crippen LogP contribution >= 0.6 is 0 Å². The van der Waals surface area contributed by atoms with Gasteiger partial charge in [0.05, 0.1) is 6.54 Å². The maximum Gasteiger partial charge on any atom is 0.320 e. The molecule has 15 heavy (non-hydrogen) atoms. The molecule has 2 atom stereocenters. The van der Waals surface area contributed by atoms with Gasteiger partial charge in [-0.05, 0) is 39.5 Å². The Labute approximate surface area is 92.6 Å². The second-order valence-corrected chi connectivity index (χ2v) is 5.48. The van der Waals surface area contributed by atoms with Crippen LogP contribution in [0.4, 0.5) is 0 Å². The van der Waals surface area contributed by atoms with Gasteiger partial charge in [0.2, 0.25) is 0 Å². The van der Waals surface area contributed by atoms with Crippen molar-refractivity contribution in [3.8, 4) is 0 Å². The highest BCUT2D eigenvalue weighted by atomic mass is 16.6. The number of esters is 1. The Bertz CT molecular complexity index is 220. The van der Waals surface area contributed by atoms with Crippen molar-refractivity contribution in [3.63, 3.8) is 0 Å². The van der Waals surface area contributed by atoms with Crippen LogP contribution in [0, 0.1) is 5.92 Å². The highest BCUT2D eigenvalue weighted by molar-refractivity contribution is 5.72. The van der Waals surface area contributed by atoms with E-state index in [1.807, 2.05) is 20.8 Å². The maximum absolute atomic E-state index is 11.4. The zero-order chi connectivity index (χ0) is 11.5. The average Bonchev–Trinajstić information content (AvgIpc) is 2.44. The zero-order valence-electron chi connectivity index (χ0n) is 10.3. The third-order valence-corrected chi connectivity index (χ3v) is 2.79. The van der Waals surface area contributed by atoms with Gasteiger partial charge in [-0.15, -0.1) is 0 Å². The zero-order valence-corrected chi connectivity index (χ0v) is 10.3. The normalized spacial score (nSPS) is 26.7. The standard InChI is InChI=1S/C12H23NO2/c1-9-6-5-7-10(9)13-8-11(14)15-12(2,3)4/h9-10,13H,5-8H2,1-4H3. The molecule has 3 nitrogen and oxygen atoms in total.